The van der Waals surface area contributed by atoms with Gasteiger partial charge in [-0.2, -0.15) is 0 Å². The van der Waals surface area contributed by atoms with Crippen LogP contribution in [0.5, 0.6) is 5.75 Å². The minimum Gasteiger partial charge on any atom is -0.494 e. The molecule has 1 aromatic heterocycles. The third-order valence-corrected chi connectivity index (χ3v) is 3.62. The van der Waals surface area contributed by atoms with Crippen LogP contribution in [0.1, 0.15) is 16.5 Å². The highest BCUT2D eigenvalue weighted by Crippen LogP contribution is 2.24. The highest BCUT2D eigenvalue weighted by Gasteiger charge is 2.13. The van der Waals surface area contributed by atoms with E-state index in [9.17, 15) is 4.39 Å². The van der Waals surface area contributed by atoms with Crippen LogP contribution >= 0.6 is 11.3 Å². The Bertz CT molecular complexity index is 502. The molecule has 0 amide bonds. The normalized spacial score (nSPS) is 12.4. The zero-order valence-electron chi connectivity index (χ0n) is 10.3. The van der Waals surface area contributed by atoms with Gasteiger partial charge in [0.2, 0.25) is 0 Å². The smallest absolute Gasteiger partial charge is 0.165 e. The number of likely N-dealkylation sites (N-methyl/N-ethyl adjacent to an activating group) is 1. The SMILES string of the molecule is CNC(Cc1cncs1)c1ccc(OC)c(F)c1. The van der Waals surface area contributed by atoms with Crippen molar-refractivity contribution in [2.45, 2.75) is 12.5 Å². The second-order valence-electron chi connectivity index (χ2n) is 3.91. The van der Waals surface area contributed by atoms with Gasteiger partial charge in [0.1, 0.15) is 0 Å². The number of nitrogens with one attached hydrogen (secondary N) is 1. The first-order chi connectivity index (χ1) is 8.74. The number of hydrogen-bond acceptors (Lipinski definition) is 4. The van der Waals surface area contributed by atoms with Crippen molar-refractivity contribution in [2.24, 2.45) is 0 Å². The number of hydrogen-bond donors (Lipinski definition) is 1. The Morgan fingerprint density at radius 1 is 1.50 bits per heavy atom. The van der Waals surface area contributed by atoms with Crippen molar-refractivity contribution in [1.82, 2.24) is 10.3 Å². The predicted octanol–water partition coefficient (Wildman–Crippen LogP) is 2.79. The van der Waals surface area contributed by atoms with Crippen molar-refractivity contribution < 1.29 is 9.13 Å². The number of aromatic nitrogens is 1. The Kier molecular flexibility index (Phi) is 4.28. The first-order valence-corrected chi connectivity index (χ1v) is 6.50. The van der Waals surface area contributed by atoms with E-state index >= 15 is 0 Å². The molecule has 0 saturated carbocycles. The van der Waals surface area contributed by atoms with Crippen LogP contribution in [0.3, 0.4) is 0 Å². The van der Waals surface area contributed by atoms with Gasteiger partial charge in [-0.05, 0) is 24.7 Å². The summed E-state index contributed by atoms with van der Waals surface area (Å²) in [6, 6.07) is 5.12. The van der Waals surface area contributed by atoms with E-state index in [1.165, 1.54) is 18.1 Å². The van der Waals surface area contributed by atoms with Gasteiger partial charge in [0.15, 0.2) is 11.6 Å². The van der Waals surface area contributed by atoms with E-state index in [4.69, 9.17) is 4.74 Å². The molecule has 1 N–H and O–H groups in total. The first kappa shape index (κ1) is 13.0. The number of thiazole rings is 1. The summed E-state index contributed by atoms with van der Waals surface area (Å²) in [6.07, 6.45) is 2.64. The average Bonchev–Trinajstić information content (AvgIpc) is 2.88. The summed E-state index contributed by atoms with van der Waals surface area (Å²) in [5, 5.41) is 3.19. The van der Waals surface area contributed by atoms with E-state index in [2.05, 4.69) is 10.3 Å². The van der Waals surface area contributed by atoms with Crippen LogP contribution in [0.4, 0.5) is 4.39 Å². The number of halogens is 1. The van der Waals surface area contributed by atoms with E-state index in [-0.39, 0.29) is 17.6 Å². The number of rotatable bonds is 5. The van der Waals surface area contributed by atoms with Crippen molar-refractivity contribution in [3.8, 4) is 5.75 Å². The lowest BCUT2D eigenvalue weighted by molar-refractivity contribution is 0.385. The highest BCUT2D eigenvalue weighted by atomic mass is 32.1. The first-order valence-electron chi connectivity index (χ1n) is 5.62. The van der Waals surface area contributed by atoms with Crippen LogP contribution < -0.4 is 10.1 Å². The lowest BCUT2D eigenvalue weighted by atomic mass is 10.0. The minimum absolute atomic E-state index is 0.0749. The van der Waals surface area contributed by atoms with Gasteiger partial charge in [0.25, 0.3) is 0 Å². The summed E-state index contributed by atoms with van der Waals surface area (Å²) in [5.41, 5.74) is 2.71. The molecule has 0 bridgehead atoms. The molecule has 0 saturated heterocycles. The number of nitrogens with zero attached hydrogens (tertiary/aromatic N) is 1. The lowest BCUT2D eigenvalue weighted by Gasteiger charge is -2.16. The third-order valence-electron chi connectivity index (χ3n) is 2.82. The molecule has 0 aliphatic heterocycles. The van der Waals surface area contributed by atoms with Crippen molar-refractivity contribution in [3.05, 3.63) is 46.2 Å². The molecule has 1 heterocycles. The highest BCUT2D eigenvalue weighted by molar-refractivity contribution is 7.09. The molecule has 3 nitrogen and oxygen atoms in total. The van der Waals surface area contributed by atoms with Crippen LogP contribution in [-0.2, 0) is 6.42 Å². The molecular formula is C13H15FN2OS. The predicted molar refractivity (Wildman–Crippen MR) is 70.6 cm³/mol. The second kappa shape index (κ2) is 5.93. The molecule has 1 atom stereocenters. The monoisotopic (exact) mass is 266 g/mol. The molecule has 0 fully saturated rings. The maximum absolute atomic E-state index is 13.7. The van der Waals surface area contributed by atoms with Crippen LogP contribution in [0.15, 0.2) is 29.9 Å². The lowest BCUT2D eigenvalue weighted by Crippen LogP contribution is -2.18. The topological polar surface area (TPSA) is 34.2 Å². The van der Waals surface area contributed by atoms with E-state index < -0.39 is 0 Å². The quantitative estimate of drug-likeness (QED) is 0.903. The van der Waals surface area contributed by atoms with Gasteiger partial charge in [-0.25, -0.2) is 4.39 Å². The molecule has 18 heavy (non-hydrogen) atoms. The summed E-state index contributed by atoms with van der Waals surface area (Å²) in [4.78, 5) is 5.22. The van der Waals surface area contributed by atoms with Gasteiger partial charge in [-0.1, -0.05) is 6.07 Å². The molecule has 0 aliphatic carbocycles. The Hall–Kier alpha value is -1.46. The fraction of sp³-hybridized carbons (Fsp3) is 0.308. The summed E-state index contributed by atoms with van der Waals surface area (Å²) in [6.45, 7) is 0. The van der Waals surface area contributed by atoms with Crippen molar-refractivity contribution in [3.63, 3.8) is 0 Å². The number of benzene rings is 1. The molecule has 2 aromatic rings. The van der Waals surface area contributed by atoms with Crippen LogP contribution in [-0.4, -0.2) is 19.1 Å². The fourth-order valence-corrected chi connectivity index (χ4v) is 2.47. The Labute approximate surface area is 110 Å². The maximum Gasteiger partial charge on any atom is 0.165 e. The molecule has 0 radical (unpaired) electrons. The molecular weight excluding hydrogens is 251 g/mol. The number of methoxy groups -OCH3 is 1. The maximum atomic E-state index is 13.7. The van der Waals surface area contributed by atoms with E-state index in [1.54, 1.807) is 22.9 Å². The van der Waals surface area contributed by atoms with E-state index in [0.717, 1.165) is 12.0 Å². The molecule has 0 spiro atoms. The van der Waals surface area contributed by atoms with Crippen LogP contribution in [0, 0.1) is 5.82 Å². The van der Waals surface area contributed by atoms with Gasteiger partial charge < -0.3 is 10.1 Å². The summed E-state index contributed by atoms with van der Waals surface area (Å²) in [5.74, 6) is -0.0639. The standard InChI is InChI=1S/C13H15FN2OS/c1-15-12(6-10-7-16-8-18-10)9-3-4-13(17-2)11(14)5-9/h3-5,7-8,12,15H,6H2,1-2H3. The van der Waals surface area contributed by atoms with Crippen molar-refractivity contribution in [1.29, 1.82) is 0 Å². The van der Waals surface area contributed by atoms with Crippen LogP contribution in [0.2, 0.25) is 0 Å². The van der Waals surface area contributed by atoms with E-state index in [1.807, 2.05) is 19.3 Å². The van der Waals surface area contributed by atoms with Crippen molar-refractivity contribution >= 4 is 11.3 Å². The summed E-state index contributed by atoms with van der Waals surface area (Å²) >= 11 is 1.60. The van der Waals surface area contributed by atoms with Gasteiger partial charge in [0, 0.05) is 23.5 Å². The largest absolute Gasteiger partial charge is 0.494 e. The average molecular weight is 266 g/mol. The molecule has 96 valence electrons. The molecule has 2 rings (SSSR count). The third kappa shape index (κ3) is 2.86. The Balaban J connectivity index is 2.19. The zero-order valence-corrected chi connectivity index (χ0v) is 11.1. The molecule has 0 aliphatic rings. The fourth-order valence-electron chi connectivity index (χ4n) is 1.83. The minimum atomic E-state index is -0.334. The molecule has 1 unspecified atom stereocenters. The van der Waals surface area contributed by atoms with Gasteiger partial charge in [-0.3, -0.25) is 4.98 Å². The second-order valence-corrected chi connectivity index (χ2v) is 4.88. The molecule has 1 aromatic carbocycles. The van der Waals surface area contributed by atoms with E-state index in [0.29, 0.717) is 0 Å². The zero-order chi connectivity index (χ0) is 13.0. The van der Waals surface area contributed by atoms with Crippen molar-refractivity contribution in [2.75, 3.05) is 14.2 Å². The van der Waals surface area contributed by atoms with Gasteiger partial charge >= 0.3 is 0 Å². The summed E-state index contributed by atoms with van der Waals surface area (Å²) in [7, 11) is 3.33. The van der Waals surface area contributed by atoms with Gasteiger partial charge in [-0.15, -0.1) is 11.3 Å². The molecule has 5 heteroatoms. The van der Waals surface area contributed by atoms with Crippen LogP contribution in [0.25, 0.3) is 0 Å². The Morgan fingerprint density at radius 3 is 2.89 bits per heavy atom. The number of ether oxygens (including phenoxy) is 1. The Morgan fingerprint density at radius 2 is 2.33 bits per heavy atom. The van der Waals surface area contributed by atoms with Gasteiger partial charge in [0.05, 0.1) is 12.6 Å². The summed E-state index contributed by atoms with van der Waals surface area (Å²) < 4.78 is 18.6.